The topological polar surface area (TPSA) is 39.6 Å². The smallest absolute Gasteiger partial charge is 0.396 e. The molecule has 0 saturated carbocycles. The first kappa shape index (κ1) is 17.0. The quantitative estimate of drug-likeness (QED) is 0.847. The molecule has 0 atom stereocenters. The zero-order chi connectivity index (χ0) is 16.0. The molecular formula is C15H22F3N3O. The molecule has 0 bridgehead atoms. The van der Waals surface area contributed by atoms with Crippen molar-refractivity contribution in [2.24, 2.45) is 0 Å². The van der Waals surface area contributed by atoms with Gasteiger partial charge in [-0.15, -0.1) is 0 Å². The minimum atomic E-state index is -4.34. The predicted molar refractivity (Wildman–Crippen MR) is 78.8 cm³/mol. The maximum Gasteiger partial charge on any atom is 0.417 e. The summed E-state index contributed by atoms with van der Waals surface area (Å²) < 4.78 is 37.6. The van der Waals surface area contributed by atoms with Gasteiger partial charge in [0.05, 0.1) is 5.56 Å². The molecule has 0 aliphatic carbocycles. The molecule has 1 fully saturated rings. The van der Waals surface area contributed by atoms with Gasteiger partial charge in [-0.2, -0.15) is 13.2 Å². The SMILES string of the molecule is OCCCCN1CCCN(c2ccc(C(F)(F)F)cn2)CC1. The lowest BCUT2D eigenvalue weighted by Gasteiger charge is -2.23. The average molecular weight is 317 g/mol. The van der Waals surface area contributed by atoms with Gasteiger partial charge in [0, 0.05) is 32.4 Å². The summed E-state index contributed by atoms with van der Waals surface area (Å²) in [7, 11) is 0. The first-order valence-electron chi connectivity index (χ1n) is 7.62. The second-order valence-electron chi connectivity index (χ2n) is 5.52. The second kappa shape index (κ2) is 7.78. The molecule has 22 heavy (non-hydrogen) atoms. The van der Waals surface area contributed by atoms with E-state index in [1.54, 1.807) is 0 Å². The third-order valence-corrected chi connectivity index (χ3v) is 3.87. The standard InChI is InChI=1S/C15H22F3N3O/c16-15(17,18)13-4-5-14(19-12-13)21-8-3-7-20(9-10-21)6-1-2-11-22/h4-5,12,22H,1-3,6-11H2. The van der Waals surface area contributed by atoms with Crippen molar-refractivity contribution < 1.29 is 18.3 Å². The van der Waals surface area contributed by atoms with E-state index >= 15 is 0 Å². The van der Waals surface area contributed by atoms with Gasteiger partial charge in [-0.1, -0.05) is 0 Å². The van der Waals surface area contributed by atoms with E-state index in [9.17, 15) is 13.2 Å². The van der Waals surface area contributed by atoms with E-state index in [2.05, 4.69) is 9.88 Å². The minimum Gasteiger partial charge on any atom is -0.396 e. The number of aliphatic hydroxyl groups is 1. The van der Waals surface area contributed by atoms with Crippen LogP contribution in [0.2, 0.25) is 0 Å². The van der Waals surface area contributed by atoms with E-state index in [-0.39, 0.29) is 6.61 Å². The fourth-order valence-electron chi connectivity index (χ4n) is 2.61. The lowest BCUT2D eigenvalue weighted by atomic mass is 10.2. The molecule has 0 unspecified atom stereocenters. The number of aromatic nitrogens is 1. The Morgan fingerprint density at radius 3 is 2.55 bits per heavy atom. The molecule has 1 aromatic heterocycles. The largest absolute Gasteiger partial charge is 0.417 e. The van der Waals surface area contributed by atoms with E-state index in [0.717, 1.165) is 64.2 Å². The maximum atomic E-state index is 12.5. The van der Waals surface area contributed by atoms with Crippen molar-refractivity contribution >= 4 is 5.82 Å². The van der Waals surface area contributed by atoms with Crippen LogP contribution in [0.25, 0.3) is 0 Å². The molecule has 0 radical (unpaired) electrons. The van der Waals surface area contributed by atoms with Crippen LogP contribution < -0.4 is 4.90 Å². The van der Waals surface area contributed by atoms with Crippen molar-refractivity contribution in [2.45, 2.75) is 25.4 Å². The molecule has 1 aliphatic rings. The third-order valence-electron chi connectivity index (χ3n) is 3.87. The normalized spacial score (nSPS) is 17.5. The number of anilines is 1. The molecule has 2 rings (SSSR count). The molecule has 124 valence electrons. The van der Waals surface area contributed by atoms with Crippen LogP contribution in [0.15, 0.2) is 18.3 Å². The second-order valence-corrected chi connectivity index (χ2v) is 5.52. The molecule has 1 N–H and O–H groups in total. The number of hydrogen-bond acceptors (Lipinski definition) is 4. The van der Waals surface area contributed by atoms with E-state index in [1.165, 1.54) is 6.07 Å². The van der Waals surface area contributed by atoms with Crippen molar-refractivity contribution in [2.75, 3.05) is 44.2 Å². The van der Waals surface area contributed by atoms with Crippen LogP contribution in [-0.2, 0) is 6.18 Å². The van der Waals surface area contributed by atoms with Crippen molar-refractivity contribution in [3.8, 4) is 0 Å². The zero-order valence-corrected chi connectivity index (χ0v) is 12.5. The Kier molecular flexibility index (Phi) is 6.02. The Labute approximate surface area is 128 Å². The Balaban J connectivity index is 1.90. The van der Waals surface area contributed by atoms with E-state index in [0.29, 0.717) is 5.82 Å². The highest BCUT2D eigenvalue weighted by molar-refractivity contribution is 5.40. The van der Waals surface area contributed by atoms with Crippen LogP contribution in [-0.4, -0.2) is 54.3 Å². The van der Waals surface area contributed by atoms with Crippen molar-refractivity contribution in [1.29, 1.82) is 0 Å². The van der Waals surface area contributed by atoms with Crippen LogP contribution in [0, 0.1) is 0 Å². The summed E-state index contributed by atoms with van der Waals surface area (Å²) in [4.78, 5) is 8.33. The summed E-state index contributed by atoms with van der Waals surface area (Å²) >= 11 is 0. The number of alkyl halides is 3. The first-order chi connectivity index (χ1) is 10.5. The number of aliphatic hydroxyl groups excluding tert-OH is 1. The summed E-state index contributed by atoms with van der Waals surface area (Å²) in [6, 6.07) is 2.54. The minimum absolute atomic E-state index is 0.218. The van der Waals surface area contributed by atoms with Crippen LogP contribution in [0.1, 0.15) is 24.8 Å². The highest BCUT2D eigenvalue weighted by Crippen LogP contribution is 2.29. The van der Waals surface area contributed by atoms with Gasteiger partial charge in [0.15, 0.2) is 0 Å². The molecule has 1 saturated heterocycles. The Hall–Kier alpha value is -1.34. The molecule has 0 amide bonds. The van der Waals surface area contributed by atoms with Crippen molar-refractivity contribution in [1.82, 2.24) is 9.88 Å². The highest BCUT2D eigenvalue weighted by Gasteiger charge is 2.31. The third kappa shape index (κ3) is 4.84. The molecular weight excluding hydrogens is 295 g/mol. The zero-order valence-electron chi connectivity index (χ0n) is 12.5. The van der Waals surface area contributed by atoms with Gasteiger partial charge in [-0.3, -0.25) is 0 Å². The van der Waals surface area contributed by atoms with Gasteiger partial charge in [0.2, 0.25) is 0 Å². The van der Waals surface area contributed by atoms with E-state index in [1.807, 2.05) is 4.90 Å². The fraction of sp³-hybridized carbons (Fsp3) is 0.667. The Bertz CT molecular complexity index is 450. The summed E-state index contributed by atoms with van der Waals surface area (Å²) in [5.41, 5.74) is -0.711. The highest BCUT2D eigenvalue weighted by atomic mass is 19.4. The number of unbranched alkanes of at least 4 members (excludes halogenated alkanes) is 1. The number of pyridine rings is 1. The fourth-order valence-corrected chi connectivity index (χ4v) is 2.61. The van der Waals surface area contributed by atoms with Crippen molar-refractivity contribution in [3.05, 3.63) is 23.9 Å². The molecule has 0 spiro atoms. The molecule has 1 aliphatic heterocycles. The van der Waals surface area contributed by atoms with Gasteiger partial charge in [-0.05, 0) is 44.5 Å². The van der Waals surface area contributed by atoms with Crippen LogP contribution in [0.3, 0.4) is 0 Å². The Morgan fingerprint density at radius 2 is 1.91 bits per heavy atom. The van der Waals surface area contributed by atoms with Crippen LogP contribution in [0.4, 0.5) is 19.0 Å². The first-order valence-corrected chi connectivity index (χ1v) is 7.62. The molecule has 2 heterocycles. The number of hydrogen-bond donors (Lipinski definition) is 1. The average Bonchev–Trinajstić information content (AvgIpc) is 2.73. The van der Waals surface area contributed by atoms with Crippen LogP contribution >= 0.6 is 0 Å². The summed E-state index contributed by atoms with van der Waals surface area (Å²) in [6.45, 7) is 4.58. The number of nitrogens with zero attached hydrogens (tertiary/aromatic N) is 3. The van der Waals surface area contributed by atoms with Gasteiger partial charge in [0.1, 0.15) is 5.82 Å². The lowest BCUT2D eigenvalue weighted by Crippen LogP contribution is -2.31. The molecule has 0 aromatic carbocycles. The predicted octanol–water partition coefficient (Wildman–Crippen LogP) is 2.39. The van der Waals surface area contributed by atoms with E-state index in [4.69, 9.17) is 5.11 Å². The van der Waals surface area contributed by atoms with Crippen LogP contribution in [0.5, 0.6) is 0 Å². The summed E-state index contributed by atoms with van der Waals surface area (Å²) in [5, 5.41) is 8.81. The van der Waals surface area contributed by atoms with Gasteiger partial charge < -0.3 is 14.9 Å². The lowest BCUT2D eigenvalue weighted by molar-refractivity contribution is -0.137. The summed E-state index contributed by atoms with van der Waals surface area (Å²) in [5.74, 6) is 0.602. The molecule has 1 aromatic rings. The van der Waals surface area contributed by atoms with Gasteiger partial charge >= 0.3 is 6.18 Å². The van der Waals surface area contributed by atoms with Gasteiger partial charge in [-0.25, -0.2) is 4.98 Å². The van der Waals surface area contributed by atoms with E-state index < -0.39 is 11.7 Å². The summed E-state index contributed by atoms with van der Waals surface area (Å²) in [6.07, 6.45) is -0.704. The van der Waals surface area contributed by atoms with Gasteiger partial charge in [0.25, 0.3) is 0 Å². The Morgan fingerprint density at radius 1 is 1.09 bits per heavy atom. The molecule has 7 heteroatoms. The number of rotatable bonds is 5. The van der Waals surface area contributed by atoms with Crippen molar-refractivity contribution in [3.63, 3.8) is 0 Å². The molecule has 4 nitrogen and oxygen atoms in total. The number of halogens is 3. The monoisotopic (exact) mass is 317 g/mol. The maximum absolute atomic E-state index is 12.5.